The summed E-state index contributed by atoms with van der Waals surface area (Å²) in [6.45, 7) is 1.32. The van der Waals surface area contributed by atoms with Crippen LogP contribution in [0.3, 0.4) is 0 Å². The van der Waals surface area contributed by atoms with Crippen LogP contribution in [0.15, 0.2) is 79.1 Å². The van der Waals surface area contributed by atoms with Crippen LogP contribution >= 0.6 is 0 Å². The van der Waals surface area contributed by atoms with E-state index in [1.165, 1.54) is 10.9 Å². The van der Waals surface area contributed by atoms with Gasteiger partial charge in [0.25, 0.3) is 0 Å². The van der Waals surface area contributed by atoms with E-state index in [0.29, 0.717) is 25.2 Å². The number of nitrogens with one attached hydrogen (secondary N) is 4. The maximum atomic E-state index is 13.8. The Labute approximate surface area is 273 Å². The predicted octanol–water partition coefficient (Wildman–Crippen LogP) is 5.63. The lowest BCUT2D eigenvalue weighted by Gasteiger charge is -2.26. The monoisotopic (exact) mass is 631 g/mol. The second-order valence-electron chi connectivity index (χ2n) is 12.2. The van der Waals surface area contributed by atoms with Gasteiger partial charge in [-0.05, 0) is 61.2 Å². The van der Waals surface area contributed by atoms with E-state index in [2.05, 4.69) is 61.7 Å². The lowest BCUT2D eigenvalue weighted by Crippen LogP contribution is -2.48. The van der Waals surface area contributed by atoms with Crippen molar-refractivity contribution in [2.45, 2.75) is 57.2 Å². The van der Waals surface area contributed by atoms with Crippen LogP contribution in [0, 0.1) is 0 Å². The third-order valence-electron chi connectivity index (χ3n) is 9.33. The van der Waals surface area contributed by atoms with Crippen molar-refractivity contribution in [1.82, 2.24) is 35.4 Å². The number of rotatable bonds is 12. The van der Waals surface area contributed by atoms with E-state index in [-0.39, 0.29) is 11.9 Å². The van der Waals surface area contributed by atoms with Gasteiger partial charge in [-0.2, -0.15) is 0 Å². The van der Waals surface area contributed by atoms with Crippen molar-refractivity contribution in [1.29, 1.82) is 0 Å². The molecular weight excluding hydrogens is 590 g/mol. The number of H-pyrrole nitrogens is 2. The minimum absolute atomic E-state index is 0.00791. The number of fused-ring (bicyclic) bond motifs is 2. The largest absolute Gasteiger partial charge is 0.497 e. The number of methoxy groups -OCH3 is 2. The SMILES string of the molecule is COc1ccc(Cn2c(CCc3c[nH]c4ccccc34)nnc2[C@@H](Cc2c[nH]c3ccccc23)NC(=O)[C@@H]2CCCCN2)c(OC)c1. The molecule has 0 spiro atoms. The fourth-order valence-corrected chi connectivity index (χ4v) is 6.78. The van der Waals surface area contributed by atoms with E-state index in [4.69, 9.17) is 19.7 Å². The second kappa shape index (κ2) is 13.7. The number of carbonyl (C=O) groups excluding carboxylic acids is 1. The third-order valence-corrected chi connectivity index (χ3v) is 9.33. The van der Waals surface area contributed by atoms with Crippen LogP contribution in [0.2, 0.25) is 0 Å². The number of nitrogens with zero attached hydrogens (tertiary/aromatic N) is 3. The Morgan fingerprint density at radius 2 is 1.64 bits per heavy atom. The van der Waals surface area contributed by atoms with Gasteiger partial charge < -0.3 is 34.6 Å². The molecule has 0 unspecified atom stereocenters. The van der Waals surface area contributed by atoms with Crippen molar-refractivity contribution in [3.8, 4) is 11.5 Å². The van der Waals surface area contributed by atoms with E-state index >= 15 is 0 Å². The summed E-state index contributed by atoms with van der Waals surface area (Å²) in [5.41, 5.74) is 5.48. The molecule has 1 fully saturated rings. The maximum Gasteiger partial charge on any atom is 0.237 e. The van der Waals surface area contributed by atoms with Gasteiger partial charge in [0.15, 0.2) is 5.82 Å². The Hall–Kier alpha value is -5.09. The summed E-state index contributed by atoms with van der Waals surface area (Å²) in [5, 5.41) is 18.7. The fourth-order valence-electron chi connectivity index (χ4n) is 6.78. The van der Waals surface area contributed by atoms with Crippen molar-refractivity contribution >= 4 is 27.7 Å². The van der Waals surface area contributed by atoms with Crippen molar-refractivity contribution in [3.63, 3.8) is 0 Å². The van der Waals surface area contributed by atoms with Gasteiger partial charge in [0.05, 0.1) is 32.8 Å². The van der Waals surface area contributed by atoms with Gasteiger partial charge in [0, 0.05) is 58.7 Å². The van der Waals surface area contributed by atoms with Crippen LogP contribution in [0.5, 0.6) is 11.5 Å². The standard InChI is InChI=1S/C37H41N7O3/c1-46-27-16-14-25(34(20-27)47-2)23-44-35(17-15-24-21-39-30-11-5-3-9-28(24)30)42-43-36(44)33(41-37(45)32-13-7-8-18-38-32)19-26-22-40-31-12-6-4-10-29(26)31/h3-6,9-12,14,16,20-22,32-33,38-40H,7-8,13,15,17-19,23H2,1-2H3,(H,41,45)/t32-,33+/m0/s1. The molecule has 0 saturated carbocycles. The number of hydrogen-bond acceptors (Lipinski definition) is 6. The highest BCUT2D eigenvalue weighted by Crippen LogP contribution is 2.30. The fraction of sp³-hybridized carbons (Fsp3) is 0.324. The first kappa shape index (κ1) is 30.6. The summed E-state index contributed by atoms with van der Waals surface area (Å²) in [6, 6.07) is 21.8. The van der Waals surface area contributed by atoms with Crippen molar-refractivity contribution in [2.24, 2.45) is 0 Å². The maximum absolute atomic E-state index is 13.8. The number of benzene rings is 3. The zero-order valence-electron chi connectivity index (χ0n) is 26.9. The number of aromatic amines is 2. The van der Waals surface area contributed by atoms with Crippen molar-refractivity contribution in [2.75, 3.05) is 20.8 Å². The average molecular weight is 632 g/mol. The number of ether oxygens (including phenoxy) is 2. The van der Waals surface area contributed by atoms with Gasteiger partial charge in [0.1, 0.15) is 17.3 Å². The smallest absolute Gasteiger partial charge is 0.237 e. The van der Waals surface area contributed by atoms with Crippen LogP contribution in [0.1, 0.15) is 53.6 Å². The number of hydrogen-bond donors (Lipinski definition) is 4. The second-order valence-corrected chi connectivity index (χ2v) is 12.2. The molecule has 10 heteroatoms. The van der Waals surface area contributed by atoms with Crippen molar-refractivity contribution < 1.29 is 14.3 Å². The van der Waals surface area contributed by atoms with Gasteiger partial charge in [-0.25, -0.2) is 0 Å². The molecule has 47 heavy (non-hydrogen) atoms. The van der Waals surface area contributed by atoms with Gasteiger partial charge in [-0.3, -0.25) is 4.79 Å². The molecule has 4 N–H and O–H groups in total. The van der Waals surface area contributed by atoms with Crippen molar-refractivity contribution in [3.05, 3.63) is 107 Å². The summed E-state index contributed by atoms with van der Waals surface area (Å²) < 4.78 is 13.4. The summed E-state index contributed by atoms with van der Waals surface area (Å²) in [5.74, 6) is 2.99. The number of amides is 1. The van der Waals surface area contributed by atoms with Crippen LogP contribution < -0.4 is 20.1 Å². The third kappa shape index (κ3) is 6.46. The molecular formula is C37H41N7O3. The molecule has 1 aliphatic heterocycles. The minimum atomic E-state index is -0.413. The zero-order valence-corrected chi connectivity index (χ0v) is 26.9. The molecule has 0 radical (unpaired) electrons. The van der Waals surface area contributed by atoms with Crippen LogP contribution in [-0.2, 0) is 30.6 Å². The quantitative estimate of drug-likeness (QED) is 0.139. The Bertz CT molecular complexity index is 1980. The van der Waals surface area contributed by atoms with Crippen LogP contribution in [0.25, 0.3) is 21.8 Å². The van der Waals surface area contributed by atoms with Crippen LogP contribution in [-0.4, -0.2) is 57.4 Å². The number of carbonyl (C=O) groups is 1. The Balaban J connectivity index is 1.27. The molecule has 3 aromatic carbocycles. The Kier molecular flexibility index (Phi) is 8.92. The molecule has 1 aliphatic rings. The molecule has 1 amide bonds. The summed E-state index contributed by atoms with van der Waals surface area (Å²) >= 11 is 0. The van der Waals surface area contributed by atoms with Gasteiger partial charge >= 0.3 is 0 Å². The molecule has 2 atom stereocenters. The molecule has 242 valence electrons. The summed E-state index contributed by atoms with van der Waals surface area (Å²) in [6.07, 6.45) is 9.06. The molecule has 0 bridgehead atoms. The highest BCUT2D eigenvalue weighted by Gasteiger charge is 2.29. The predicted molar refractivity (Wildman–Crippen MR) is 183 cm³/mol. The lowest BCUT2D eigenvalue weighted by molar-refractivity contribution is -0.124. The van der Waals surface area contributed by atoms with E-state index in [0.717, 1.165) is 77.1 Å². The number of aryl methyl sites for hydroxylation is 2. The number of para-hydroxylation sites is 2. The highest BCUT2D eigenvalue weighted by molar-refractivity contribution is 5.84. The van der Waals surface area contributed by atoms with E-state index in [1.807, 2.05) is 42.6 Å². The number of piperidine rings is 1. The highest BCUT2D eigenvalue weighted by atomic mass is 16.5. The van der Waals surface area contributed by atoms with E-state index < -0.39 is 6.04 Å². The molecule has 1 saturated heterocycles. The van der Waals surface area contributed by atoms with E-state index in [1.54, 1.807) is 14.2 Å². The summed E-state index contributed by atoms with van der Waals surface area (Å²) in [7, 11) is 3.31. The normalized spacial score (nSPS) is 15.6. The molecule has 6 aromatic rings. The minimum Gasteiger partial charge on any atom is -0.497 e. The first-order valence-corrected chi connectivity index (χ1v) is 16.4. The van der Waals surface area contributed by atoms with Crippen LogP contribution in [0.4, 0.5) is 0 Å². The zero-order chi connectivity index (χ0) is 32.2. The lowest BCUT2D eigenvalue weighted by atomic mass is 10.0. The van der Waals surface area contributed by atoms with E-state index in [9.17, 15) is 4.79 Å². The van der Waals surface area contributed by atoms with Gasteiger partial charge in [-0.1, -0.05) is 42.8 Å². The first-order chi connectivity index (χ1) is 23.1. The molecule has 0 aliphatic carbocycles. The molecule has 4 heterocycles. The Morgan fingerprint density at radius 1 is 0.894 bits per heavy atom. The number of aromatic nitrogens is 5. The Morgan fingerprint density at radius 3 is 2.36 bits per heavy atom. The first-order valence-electron chi connectivity index (χ1n) is 16.4. The molecule has 10 nitrogen and oxygen atoms in total. The molecule has 3 aromatic heterocycles. The average Bonchev–Trinajstić information content (AvgIpc) is 3.84. The van der Waals surface area contributed by atoms with Gasteiger partial charge in [-0.15, -0.1) is 10.2 Å². The topological polar surface area (TPSA) is 122 Å². The summed E-state index contributed by atoms with van der Waals surface area (Å²) in [4.78, 5) is 20.5. The molecule has 7 rings (SSSR count). The van der Waals surface area contributed by atoms with Gasteiger partial charge in [0.2, 0.25) is 5.91 Å².